The summed E-state index contributed by atoms with van der Waals surface area (Å²) in [6.07, 6.45) is 0.226. The van der Waals surface area contributed by atoms with Crippen LogP contribution in [-0.4, -0.2) is 43.4 Å². The summed E-state index contributed by atoms with van der Waals surface area (Å²) in [5.74, 6) is -1.07. The fourth-order valence-corrected chi connectivity index (χ4v) is 1.77. The first-order valence-corrected chi connectivity index (χ1v) is 6.45. The van der Waals surface area contributed by atoms with E-state index >= 15 is 0 Å². The van der Waals surface area contributed by atoms with Gasteiger partial charge in [0.05, 0.1) is 0 Å². The maximum absolute atomic E-state index is 12.2. The maximum atomic E-state index is 12.2. The van der Waals surface area contributed by atoms with Crippen molar-refractivity contribution in [2.75, 3.05) is 25.2 Å². The molecule has 1 rings (SSSR count). The molecule has 2 amide bonds. The van der Waals surface area contributed by atoms with Crippen LogP contribution >= 0.6 is 0 Å². The topological polar surface area (TPSA) is 78.9 Å². The molecule has 0 radical (unpaired) electrons. The Morgan fingerprint density at radius 2 is 2.00 bits per heavy atom. The minimum Gasteiger partial charge on any atom is -0.480 e. The Bertz CT molecular complexity index is 436. The van der Waals surface area contributed by atoms with Crippen molar-refractivity contribution >= 4 is 17.7 Å². The van der Waals surface area contributed by atoms with Crippen molar-refractivity contribution in [1.82, 2.24) is 5.32 Å². The van der Waals surface area contributed by atoms with Crippen LogP contribution in [0.25, 0.3) is 0 Å². The van der Waals surface area contributed by atoms with E-state index in [-0.39, 0.29) is 13.0 Å². The van der Waals surface area contributed by atoms with Crippen molar-refractivity contribution in [2.45, 2.75) is 19.4 Å². The van der Waals surface area contributed by atoms with E-state index in [0.29, 0.717) is 6.54 Å². The van der Waals surface area contributed by atoms with Crippen LogP contribution in [0.1, 0.15) is 13.3 Å². The number of aliphatic carboxylic acids is 1. The molecule has 0 aliphatic heterocycles. The van der Waals surface area contributed by atoms with Crippen LogP contribution in [-0.2, 0) is 9.53 Å². The molecule has 0 fully saturated rings. The van der Waals surface area contributed by atoms with Crippen LogP contribution in [0.4, 0.5) is 10.5 Å². The Balaban J connectivity index is 2.73. The zero-order chi connectivity index (χ0) is 15.0. The lowest BCUT2D eigenvalue weighted by molar-refractivity contribution is -0.139. The summed E-state index contributed by atoms with van der Waals surface area (Å²) in [6.45, 7) is 2.55. The van der Waals surface area contributed by atoms with Gasteiger partial charge in [0.2, 0.25) is 0 Å². The third-order valence-electron chi connectivity index (χ3n) is 2.84. The molecule has 0 aromatic heterocycles. The van der Waals surface area contributed by atoms with Crippen LogP contribution in [0.2, 0.25) is 0 Å². The molecular formula is C14H20N2O4. The number of carboxylic acids is 1. The summed E-state index contributed by atoms with van der Waals surface area (Å²) < 4.78 is 4.85. The predicted molar refractivity (Wildman–Crippen MR) is 75.9 cm³/mol. The van der Waals surface area contributed by atoms with E-state index in [9.17, 15) is 9.59 Å². The standard InChI is InChI=1S/C14H20N2O4/c1-3-16(11-7-5-4-6-8-11)14(19)15-12(13(17)18)9-10-20-2/h4-8,12H,3,9-10H2,1-2H3,(H,15,19)(H,17,18). The first-order chi connectivity index (χ1) is 9.60. The van der Waals surface area contributed by atoms with Gasteiger partial charge in [0.25, 0.3) is 0 Å². The second-order valence-electron chi connectivity index (χ2n) is 4.20. The highest BCUT2D eigenvalue weighted by Crippen LogP contribution is 2.13. The molecule has 2 N–H and O–H groups in total. The Kier molecular flexibility index (Phi) is 6.52. The van der Waals surface area contributed by atoms with E-state index in [1.54, 1.807) is 12.1 Å². The number of amides is 2. The van der Waals surface area contributed by atoms with Gasteiger partial charge in [0.1, 0.15) is 6.04 Å². The number of carbonyl (C=O) groups excluding carboxylic acids is 1. The fourth-order valence-electron chi connectivity index (χ4n) is 1.77. The van der Waals surface area contributed by atoms with Gasteiger partial charge in [-0.25, -0.2) is 9.59 Å². The van der Waals surface area contributed by atoms with Gasteiger partial charge in [0.15, 0.2) is 0 Å². The number of ether oxygens (including phenoxy) is 1. The second kappa shape index (κ2) is 8.16. The predicted octanol–water partition coefficient (Wildman–Crippen LogP) is 1.71. The molecule has 0 heterocycles. The largest absolute Gasteiger partial charge is 0.480 e. The monoisotopic (exact) mass is 280 g/mol. The summed E-state index contributed by atoms with van der Waals surface area (Å²) in [4.78, 5) is 24.8. The van der Waals surface area contributed by atoms with E-state index in [4.69, 9.17) is 9.84 Å². The highest BCUT2D eigenvalue weighted by atomic mass is 16.5. The van der Waals surface area contributed by atoms with Crippen molar-refractivity contribution in [2.24, 2.45) is 0 Å². The molecule has 0 aliphatic carbocycles. The molecular weight excluding hydrogens is 260 g/mol. The average molecular weight is 280 g/mol. The summed E-state index contributed by atoms with van der Waals surface area (Å²) in [6, 6.07) is 7.72. The van der Waals surface area contributed by atoms with E-state index in [0.717, 1.165) is 5.69 Å². The van der Waals surface area contributed by atoms with Crippen molar-refractivity contribution in [3.8, 4) is 0 Å². The van der Waals surface area contributed by atoms with Gasteiger partial charge < -0.3 is 15.2 Å². The Morgan fingerprint density at radius 3 is 2.50 bits per heavy atom. The highest BCUT2D eigenvalue weighted by molar-refractivity contribution is 5.94. The highest BCUT2D eigenvalue weighted by Gasteiger charge is 2.22. The Hall–Kier alpha value is -2.08. The molecule has 1 unspecified atom stereocenters. The lowest BCUT2D eigenvalue weighted by Gasteiger charge is -2.24. The lowest BCUT2D eigenvalue weighted by Crippen LogP contribution is -2.48. The number of hydrogen-bond donors (Lipinski definition) is 2. The second-order valence-corrected chi connectivity index (χ2v) is 4.20. The van der Waals surface area contributed by atoms with Gasteiger partial charge in [-0.2, -0.15) is 0 Å². The quantitative estimate of drug-likeness (QED) is 0.797. The minimum atomic E-state index is -1.07. The molecule has 1 atom stereocenters. The molecule has 6 heteroatoms. The maximum Gasteiger partial charge on any atom is 0.326 e. The molecule has 0 saturated carbocycles. The van der Waals surface area contributed by atoms with Crippen molar-refractivity contribution in [3.63, 3.8) is 0 Å². The number of hydrogen-bond acceptors (Lipinski definition) is 3. The lowest BCUT2D eigenvalue weighted by atomic mass is 10.2. The van der Waals surface area contributed by atoms with E-state index in [1.165, 1.54) is 12.0 Å². The molecule has 0 saturated heterocycles. The van der Waals surface area contributed by atoms with Crippen LogP contribution < -0.4 is 10.2 Å². The molecule has 6 nitrogen and oxygen atoms in total. The van der Waals surface area contributed by atoms with Gasteiger partial charge >= 0.3 is 12.0 Å². The molecule has 1 aromatic carbocycles. The minimum absolute atomic E-state index is 0.226. The van der Waals surface area contributed by atoms with E-state index in [2.05, 4.69) is 5.32 Å². The number of benzene rings is 1. The Morgan fingerprint density at radius 1 is 1.35 bits per heavy atom. The molecule has 0 spiro atoms. The number of rotatable bonds is 7. The number of methoxy groups -OCH3 is 1. The van der Waals surface area contributed by atoms with E-state index in [1.807, 2.05) is 25.1 Å². The van der Waals surface area contributed by atoms with E-state index < -0.39 is 18.0 Å². The summed E-state index contributed by atoms with van der Waals surface area (Å²) >= 11 is 0. The van der Waals surface area contributed by atoms with Crippen molar-refractivity contribution in [1.29, 1.82) is 0 Å². The van der Waals surface area contributed by atoms with Crippen LogP contribution in [0.3, 0.4) is 0 Å². The third-order valence-corrected chi connectivity index (χ3v) is 2.84. The number of urea groups is 1. The average Bonchev–Trinajstić information content (AvgIpc) is 2.45. The van der Waals surface area contributed by atoms with Crippen LogP contribution in [0.15, 0.2) is 30.3 Å². The van der Waals surface area contributed by atoms with Crippen molar-refractivity contribution in [3.05, 3.63) is 30.3 Å². The van der Waals surface area contributed by atoms with Gasteiger partial charge in [-0.3, -0.25) is 4.90 Å². The first kappa shape index (κ1) is 16.0. The van der Waals surface area contributed by atoms with Crippen molar-refractivity contribution < 1.29 is 19.4 Å². The zero-order valence-corrected chi connectivity index (χ0v) is 11.7. The smallest absolute Gasteiger partial charge is 0.326 e. The number of anilines is 1. The SMILES string of the molecule is CCN(C(=O)NC(CCOC)C(=O)O)c1ccccc1. The number of carbonyl (C=O) groups is 2. The van der Waals surface area contributed by atoms with Gasteiger partial charge in [-0.1, -0.05) is 18.2 Å². The molecule has 110 valence electrons. The number of nitrogens with one attached hydrogen (secondary N) is 1. The number of carboxylic acid groups (broad SMARTS) is 1. The van der Waals surface area contributed by atoms with Crippen LogP contribution in [0.5, 0.6) is 0 Å². The molecule has 0 bridgehead atoms. The zero-order valence-electron chi connectivity index (χ0n) is 11.7. The third kappa shape index (κ3) is 4.55. The fraction of sp³-hybridized carbons (Fsp3) is 0.429. The van der Waals surface area contributed by atoms with Crippen LogP contribution in [0, 0.1) is 0 Å². The van der Waals surface area contributed by atoms with Gasteiger partial charge in [-0.15, -0.1) is 0 Å². The summed E-state index contributed by atoms with van der Waals surface area (Å²) in [5, 5.41) is 11.6. The van der Waals surface area contributed by atoms with Gasteiger partial charge in [-0.05, 0) is 19.1 Å². The Labute approximate surface area is 118 Å². The molecule has 20 heavy (non-hydrogen) atoms. The van der Waals surface area contributed by atoms with Gasteiger partial charge in [0, 0.05) is 32.4 Å². The normalized spacial score (nSPS) is 11.7. The number of nitrogens with zero attached hydrogens (tertiary/aromatic N) is 1. The molecule has 1 aromatic rings. The number of para-hydroxylation sites is 1. The molecule has 0 aliphatic rings. The summed E-state index contributed by atoms with van der Waals surface area (Å²) in [5.41, 5.74) is 0.725. The summed E-state index contributed by atoms with van der Waals surface area (Å²) in [7, 11) is 1.49. The first-order valence-electron chi connectivity index (χ1n) is 6.45.